The number of carbonyl (C=O) groups is 3. The first-order chi connectivity index (χ1) is 15.8. The Kier molecular flexibility index (Phi) is 9.49. The van der Waals surface area contributed by atoms with E-state index in [1.165, 1.54) is 11.8 Å². The van der Waals surface area contributed by atoms with Gasteiger partial charge in [-0.1, -0.05) is 70.1 Å². The van der Waals surface area contributed by atoms with Crippen molar-refractivity contribution < 1.29 is 14.4 Å². The lowest BCUT2D eigenvalue weighted by molar-refractivity contribution is -0.123. The summed E-state index contributed by atoms with van der Waals surface area (Å²) in [6.45, 7) is 0.505. The molecule has 0 aromatic heterocycles. The molecular weight excluding hydrogens is 546 g/mol. The monoisotopic (exact) mass is 565 g/mol. The van der Waals surface area contributed by atoms with Crippen LogP contribution in [0.4, 0.5) is 0 Å². The third-order valence-corrected chi connectivity index (χ3v) is 6.91. The maximum atomic E-state index is 12.7. The highest BCUT2D eigenvalue weighted by Crippen LogP contribution is 2.33. The molecule has 1 heterocycles. The van der Waals surface area contributed by atoms with E-state index in [1.54, 1.807) is 41.3 Å². The number of hydrogen-bond donors (Lipinski definition) is 2. The number of nitrogens with one attached hydrogen (secondary N) is 2. The van der Waals surface area contributed by atoms with Crippen LogP contribution in [0.5, 0.6) is 0 Å². The van der Waals surface area contributed by atoms with Crippen LogP contribution >= 0.6 is 51.5 Å². The number of carbonyl (C=O) groups excluding carboxylic acids is 3. The topological polar surface area (TPSA) is 78.5 Å². The van der Waals surface area contributed by atoms with E-state index in [9.17, 15) is 14.4 Å². The van der Waals surface area contributed by atoms with E-state index in [0.717, 1.165) is 22.9 Å². The zero-order chi connectivity index (χ0) is 23.8. The normalized spacial score (nSPS) is 14.6. The van der Waals surface area contributed by atoms with Crippen LogP contribution < -0.4 is 10.9 Å². The smallest absolute Gasteiger partial charge is 0.269 e. The first-order valence-corrected chi connectivity index (χ1v) is 12.6. The summed E-state index contributed by atoms with van der Waals surface area (Å²) in [6.07, 6.45) is 4.19. The number of hydrogen-bond acceptors (Lipinski definition) is 5. The highest BCUT2D eigenvalue weighted by atomic mass is 79.9. The molecule has 1 aliphatic rings. The molecule has 0 atom stereocenters. The van der Waals surface area contributed by atoms with Crippen LogP contribution in [0.3, 0.4) is 0 Å². The molecule has 33 heavy (non-hydrogen) atoms. The van der Waals surface area contributed by atoms with Crippen molar-refractivity contribution in [1.82, 2.24) is 15.8 Å². The van der Waals surface area contributed by atoms with Crippen molar-refractivity contribution in [2.75, 3.05) is 6.54 Å². The summed E-state index contributed by atoms with van der Waals surface area (Å²) < 4.78 is 1.40. The fraction of sp³-hybridized carbons (Fsp3) is 0.217. The summed E-state index contributed by atoms with van der Waals surface area (Å²) in [6, 6.07) is 14.1. The Morgan fingerprint density at radius 2 is 1.73 bits per heavy atom. The van der Waals surface area contributed by atoms with Crippen molar-refractivity contribution >= 4 is 79.6 Å². The predicted molar refractivity (Wildman–Crippen MR) is 140 cm³/mol. The Morgan fingerprint density at radius 3 is 2.42 bits per heavy atom. The van der Waals surface area contributed by atoms with Gasteiger partial charge in [-0.3, -0.25) is 30.1 Å². The van der Waals surface area contributed by atoms with Gasteiger partial charge in [-0.2, -0.15) is 0 Å². The molecule has 172 valence electrons. The van der Waals surface area contributed by atoms with E-state index >= 15 is 0 Å². The largest absolute Gasteiger partial charge is 0.293 e. The minimum absolute atomic E-state index is 0.103. The van der Waals surface area contributed by atoms with E-state index in [1.807, 2.05) is 18.2 Å². The van der Waals surface area contributed by atoms with E-state index in [4.69, 9.17) is 23.8 Å². The third-order valence-electron chi connectivity index (χ3n) is 4.75. The van der Waals surface area contributed by atoms with Crippen molar-refractivity contribution in [1.29, 1.82) is 0 Å². The molecule has 0 bridgehead atoms. The zero-order valence-electron chi connectivity index (χ0n) is 17.5. The molecule has 1 aliphatic heterocycles. The number of halogens is 2. The molecule has 1 fully saturated rings. The van der Waals surface area contributed by atoms with Gasteiger partial charge in [-0.05, 0) is 60.9 Å². The van der Waals surface area contributed by atoms with E-state index in [-0.39, 0.29) is 24.1 Å². The molecule has 2 aromatic carbocycles. The number of thiocarbonyl (C=S) groups is 1. The molecule has 10 heteroatoms. The molecule has 0 aliphatic carbocycles. The van der Waals surface area contributed by atoms with Crippen LogP contribution in [0.25, 0.3) is 6.08 Å². The lowest BCUT2D eigenvalue weighted by Crippen LogP contribution is -2.41. The SMILES string of the molecule is O=C(CCCCCN1C(=O)C(=Cc2ccc(Cl)cc2)SC1=S)NNC(=O)c1ccc(Br)cc1. The van der Waals surface area contributed by atoms with Crippen LogP contribution in [-0.4, -0.2) is 33.5 Å². The molecule has 1 saturated heterocycles. The number of nitrogens with zero attached hydrogens (tertiary/aromatic N) is 1. The summed E-state index contributed by atoms with van der Waals surface area (Å²) in [5, 5.41) is 0.639. The maximum absolute atomic E-state index is 12.7. The molecule has 2 N–H and O–H groups in total. The van der Waals surface area contributed by atoms with Crippen molar-refractivity contribution in [3.05, 3.63) is 74.1 Å². The van der Waals surface area contributed by atoms with E-state index < -0.39 is 0 Å². The second-order valence-corrected chi connectivity index (χ2v) is 10.2. The van der Waals surface area contributed by atoms with Crippen molar-refractivity contribution in [2.45, 2.75) is 25.7 Å². The quantitative estimate of drug-likeness (QED) is 0.196. The highest BCUT2D eigenvalue weighted by molar-refractivity contribution is 9.10. The first-order valence-electron chi connectivity index (χ1n) is 10.2. The van der Waals surface area contributed by atoms with Gasteiger partial charge in [0.2, 0.25) is 5.91 Å². The highest BCUT2D eigenvalue weighted by Gasteiger charge is 2.31. The molecule has 3 amide bonds. The number of unbranched alkanes of at least 4 members (excludes halogenated alkanes) is 2. The lowest BCUT2D eigenvalue weighted by atomic mass is 10.2. The van der Waals surface area contributed by atoms with Crippen molar-refractivity contribution in [3.8, 4) is 0 Å². The number of thioether (sulfide) groups is 1. The summed E-state index contributed by atoms with van der Waals surface area (Å²) >= 11 is 15.8. The number of amides is 3. The first kappa shape index (κ1) is 25.4. The minimum atomic E-state index is -0.378. The number of benzene rings is 2. The van der Waals surface area contributed by atoms with Crippen LogP contribution in [-0.2, 0) is 9.59 Å². The molecule has 2 aromatic rings. The second-order valence-electron chi connectivity index (χ2n) is 7.20. The summed E-state index contributed by atoms with van der Waals surface area (Å²) in [4.78, 5) is 38.8. The van der Waals surface area contributed by atoms with Crippen LogP contribution in [0.15, 0.2) is 57.9 Å². The van der Waals surface area contributed by atoms with Gasteiger partial charge in [0.05, 0.1) is 4.91 Å². The fourth-order valence-corrected chi connectivity index (χ4v) is 4.70. The molecule has 0 unspecified atom stereocenters. The molecule has 0 spiro atoms. The van der Waals surface area contributed by atoms with E-state index in [0.29, 0.717) is 32.8 Å². The molecular formula is C23H21BrClN3O3S2. The van der Waals surface area contributed by atoms with Crippen LogP contribution in [0.1, 0.15) is 41.6 Å². The van der Waals surface area contributed by atoms with Crippen LogP contribution in [0, 0.1) is 0 Å². The number of rotatable bonds is 8. The standard InChI is InChI=1S/C23H21BrClN3O3S2/c24-17-9-7-16(8-10-17)21(30)27-26-20(29)4-2-1-3-13-28-22(31)19(33-23(28)32)14-15-5-11-18(25)12-6-15/h5-12,14H,1-4,13H2,(H,26,29)(H,27,30). The number of hydrazine groups is 1. The molecule has 0 saturated carbocycles. The maximum Gasteiger partial charge on any atom is 0.269 e. The van der Waals surface area contributed by atoms with Gasteiger partial charge in [0.15, 0.2) is 0 Å². The predicted octanol–water partition coefficient (Wildman–Crippen LogP) is 5.33. The van der Waals surface area contributed by atoms with Gasteiger partial charge in [-0.25, -0.2) is 0 Å². The van der Waals surface area contributed by atoms with Crippen molar-refractivity contribution in [3.63, 3.8) is 0 Å². The molecule has 3 rings (SSSR count). The average Bonchev–Trinajstić information content (AvgIpc) is 3.06. The Balaban J connectivity index is 1.35. The van der Waals surface area contributed by atoms with E-state index in [2.05, 4.69) is 26.8 Å². The Labute approximate surface area is 215 Å². The summed E-state index contributed by atoms with van der Waals surface area (Å²) in [5.74, 6) is -0.748. The zero-order valence-corrected chi connectivity index (χ0v) is 21.5. The molecule has 6 nitrogen and oxygen atoms in total. The third kappa shape index (κ3) is 7.67. The van der Waals surface area contributed by atoms with Gasteiger partial charge >= 0.3 is 0 Å². The summed E-state index contributed by atoms with van der Waals surface area (Å²) in [5.41, 5.74) is 6.16. The fourth-order valence-electron chi connectivity index (χ4n) is 3.00. The Hall–Kier alpha value is -2.20. The van der Waals surface area contributed by atoms with Crippen molar-refractivity contribution in [2.24, 2.45) is 0 Å². The minimum Gasteiger partial charge on any atom is -0.293 e. The average molecular weight is 567 g/mol. The lowest BCUT2D eigenvalue weighted by Gasteiger charge is -2.14. The van der Waals surface area contributed by atoms with Gasteiger partial charge in [0.25, 0.3) is 11.8 Å². The van der Waals surface area contributed by atoms with Gasteiger partial charge in [0, 0.05) is 28.0 Å². The van der Waals surface area contributed by atoms with Gasteiger partial charge < -0.3 is 0 Å². The second kappa shape index (κ2) is 12.3. The Morgan fingerprint density at radius 1 is 1.03 bits per heavy atom. The van der Waals surface area contributed by atoms with Gasteiger partial charge in [-0.15, -0.1) is 0 Å². The Bertz CT molecular complexity index is 1080. The van der Waals surface area contributed by atoms with Gasteiger partial charge in [0.1, 0.15) is 4.32 Å². The molecule has 0 radical (unpaired) electrons. The summed E-state index contributed by atoms with van der Waals surface area (Å²) in [7, 11) is 0. The van der Waals surface area contributed by atoms with Crippen LogP contribution in [0.2, 0.25) is 5.02 Å².